The Morgan fingerprint density at radius 1 is 0.855 bits per heavy atom. The molecule has 4 aliphatic rings. The van der Waals surface area contributed by atoms with Gasteiger partial charge in [0.05, 0.1) is 28.1 Å². The molecule has 23 heteroatoms. The molecule has 4 saturated heterocycles. The maximum absolute atomic E-state index is 15.0. The second kappa shape index (κ2) is 21.3. The van der Waals surface area contributed by atoms with Gasteiger partial charge in [-0.2, -0.15) is 8.78 Å². The van der Waals surface area contributed by atoms with Gasteiger partial charge in [0.15, 0.2) is 0 Å². The van der Waals surface area contributed by atoms with E-state index in [9.17, 15) is 51.9 Å². The van der Waals surface area contributed by atoms with Gasteiger partial charge in [0, 0.05) is 63.0 Å². The topological polar surface area (TPSA) is 233 Å². The number of aryl methyl sites for hydroxylation is 1. The second-order valence-corrected chi connectivity index (χ2v) is 24.3. The Morgan fingerprint density at radius 3 is 2.26 bits per heavy atom. The summed E-state index contributed by atoms with van der Waals surface area (Å²) in [4.78, 5) is 122. The van der Waals surface area contributed by atoms with Crippen LogP contribution in [0.2, 0.25) is 0 Å². The molecule has 4 aliphatic heterocycles. The SMILES string of the molecule is CN1CCN(C(=O)[C@@H]2[C@H](OCC(=O)N3CCC(Cc4ccc5c(c4)n(C)c(=O)n5C4CCC(=O)NC4=O)CC3)CCN2C(=O)[C@@H](NC(=O)c2cc3cc(C(F)(F)P(=O)(O)O)ccc3s2)C(C)(C)C)C[C@H]1c1ccccc1. The fraction of sp³-hybridized carbons (Fsp3) is 0.491. The van der Waals surface area contributed by atoms with Gasteiger partial charge in [0.2, 0.25) is 29.5 Å². The second-order valence-electron chi connectivity index (χ2n) is 21.6. The predicted octanol–water partition coefficient (Wildman–Crippen LogP) is 4.89. The Bertz CT molecular complexity index is 3200. The van der Waals surface area contributed by atoms with E-state index in [0.717, 1.165) is 34.6 Å². The first-order valence-electron chi connectivity index (χ1n) is 25.5. The van der Waals surface area contributed by atoms with E-state index in [1.165, 1.54) is 26.2 Å². The van der Waals surface area contributed by atoms with Crippen molar-refractivity contribution in [2.24, 2.45) is 18.4 Å². The number of likely N-dealkylation sites (N-methyl/N-ethyl adjacent to an activating group) is 1. The molecule has 1 unspecified atom stereocenters. The smallest absolute Gasteiger partial charge is 0.366 e. The molecule has 76 heavy (non-hydrogen) atoms. The third-order valence-corrected chi connectivity index (χ3v) is 17.6. The number of carbonyl (C=O) groups is 6. The molecule has 6 amide bonds. The zero-order chi connectivity index (χ0) is 54.6. The highest BCUT2D eigenvalue weighted by Gasteiger charge is 2.51. The molecular formula is C53H63F2N8O11PS. The van der Waals surface area contributed by atoms with Gasteiger partial charge < -0.3 is 34.5 Å². The summed E-state index contributed by atoms with van der Waals surface area (Å²) >= 11 is 0.954. The normalized spacial score (nSPS) is 21.8. The standard InChI is InChI=1S/C53H63F2N8O11PS/c1-52(2,3)46(57-48(67)42-28-34-27-35(12-15-41(34)76-42)53(54,55)75(71,72)73)50(69)62-22-19-40(45(62)49(68)61-24-23-58(4)39(29-61)33-9-7-6-8-10-33)74-30-44(65)60-20-17-31(18-21-60)25-32-11-13-36-38(26-32)59(5)51(70)63(36)37-14-16-43(64)56-47(37)66/h6-13,15,26-28,31,37,39-40,45-46H,14,16-25,29-30H2,1-5H3,(H,57,67)(H,56,64,66)(H2,71,72,73)/t37?,39-,40+,45-,46+/m0/s1. The molecule has 4 N–H and O–H groups in total. The van der Waals surface area contributed by atoms with Crippen LogP contribution in [0.4, 0.5) is 8.78 Å². The summed E-state index contributed by atoms with van der Waals surface area (Å²) in [5, 5.41) is 5.33. The summed E-state index contributed by atoms with van der Waals surface area (Å²) in [5.74, 6) is -2.48. The Labute approximate surface area is 441 Å². The fourth-order valence-corrected chi connectivity index (χ4v) is 12.5. The number of imide groups is 1. The molecule has 5 aromatic rings. The van der Waals surface area contributed by atoms with Gasteiger partial charge in [0.1, 0.15) is 24.7 Å². The van der Waals surface area contributed by atoms with Crippen molar-refractivity contribution in [1.82, 2.24) is 39.4 Å². The first-order chi connectivity index (χ1) is 35.9. The number of carbonyl (C=O) groups excluding carboxylic acids is 6. The number of hydrogen-bond acceptors (Lipinski definition) is 11. The minimum absolute atomic E-state index is 0.0599. The van der Waals surface area contributed by atoms with Crippen LogP contribution in [-0.4, -0.2) is 145 Å². The first kappa shape index (κ1) is 54.6. The van der Waals surface area contributed by atoms with Crippen LogP contribution in [0.5, 0.6) is 0 Å². The lowest BCUT2D eigenvalue weighted by atomic mass is 9.85. The van der Waals surface area contributed by atoms with Crippen LogP contribution in [0.25, 0.3) is 21.1 Å². The summed E-state index contributed by atoms with van der Waals surface area (Å²) in [7, 11) is -2.21. The number of fused-ring (bicyclic) bond motifs is 2. The number of piperidine rings is 2. The molecule has 6 heterocycles. The van der Waals surface area contributed by atoms with Crippen molar-refractivity contribution in [1.29, 1.82) is 0 Å². The van der Waals surface area contributed by atoms with E-state index in [1.807, 2.05) is 55.6 Å². The zero-order valence-corrected chi connectivity index (χ0v) is 44.7. The Kier molecular flexibility index (Phi) is 15.3. The summed E-state index contributed by atoms with van der Waals surface area (Å²) in [5.41, 5.74) is -3.33. The molecule has 3 aromatic carbocycles. The number of alkyl halides is 2. The maximum Gasteiger partial charge on any atom is 0.399 e. The van der Waals surface area contributed by atoms with Crippen LogP contribution < -0.4 is 16.3 Å². The Hall–Kier alpha value is -6.16. The number of nitrogens with zero attached hydrogens (tertiary/aromatic N) is 6. The van der Waals surface area contributed by atoms with Gasteiger partial charge in [-0.3, -0.25) is 52.7 Å². The number of imidazole rings is 1. The van der Waals surface area contributed by atoms with Crippen molar-refractivity contribution < 1.29 is 56.6 Å². The lowest BCUT2D eigenvalue weighted by Gasteiger charge is -2.42. The van der Waals surface area contributed by atoms with Gasteiger partial charge in [-0.05, 0) is 97.3 Å². The average molecular weight is 1090 g/mol. The van der Waals surface area contributed by atoms with Gasteiger partial charge in [-0.1, -0.05) is 63.2 Å². The van der Waals surface area contributed by atoms with Crippen molar-refractivity contribution in [3.8, 4) is 0 Å². The third-order valence-electron chi connectivity index (χ3n) is 15.5. The lowest BCUT2D eigenvalue weighted by molar-refractivity contribution is -0.153. The number of amides is 6. The van der Waals surface area contributed by atoms with E-state index in [1.54, 1.807) is 37.6 Å². The number of benzene rings is 3. The van der Waals surface area contributed by atoms with Crippen molar-refractivity contribution in [2.45, 2.75) is 95.2 Å². The van der Waals surface area contributed by atoms with Crippen molar-refractivity contribution in [3.63, 3.8) is 0 Å². The minimum Gasteiger partial charge on any atom is -0.366 e. The summed E-state index contributed by atoms with van der Waals surface area (Å²) < 4.78 is 50.6. The molecule has 0 aliphatic carbocycles. The number of hydrogen-bond donors (Lipinski definition) is 4. The quantitative estimate of drug-likeness (QED) is 0.0913. The van der Waals surface area contributed by atoms with Gasteiger partial charge in [-0.25, -0.2) is 4.79 Å². The van der Waals surface area contributed by atoms with E-state index in [2.05, 4.69) is 15.5 Å². The Balaban J connectivity index is 0.886. The molecule has 9 rings (SSSR count). The largest absolute Gasteiger partial charge is 0.399 e. The van der Waals surface area contributed by atoms with E-state index < -0.39 is 66.2 Å². The molecule has 19 nitrogen and oxygen atoms in total. The number of aromatic nitrogens is 2. The molecule has 406 valence electrons. The number of halogens is 2. The molecular weight excluding hydrogens is 1030 g/mol. The molecule has 4 fully saturated rings. The minimum atomic E-state index is -5.86. The van der Waals surface area contributed by atoms with Gasteiger partial charge in [-0.15, -0.1) is 11.3 Å². The van der Waals surface area contributed by atoms with Crippen LogP contribution in [-0.2, 0) is 52.4 Å². The molecule has 2 aromatic heterocycles. The molecule has 0 spiro atoms. The predicted molar refractivity (Wildman–Crippen MR) is 278 cm³/mol. The fourth-order valence-electron chi connectivity index (χ4n) is 11.1. The number of rotatable bonds is 13. The number of ether oxygens (including phenoxy) is 1. The molecule has 5 atom stereocenters. The summed E-state index contributed by atoms with van der Waals surface area (Å²) in [6.45, 7) is 7.20. The number of nitrogens with one attached hydrogen (secondary N) is 2. The van der Waals surface area contributed by atoms with E-state index in [-0.39, 0.29) is 78.0 Å². The molecule has 0 bridgehead atoms. The monoisotopic (exact) mass is 1090 g/mol. The summed E-state index contributed by atoms with van der Waals surface area (Å²) in [6.07, 6.45) is 1.84. The van der Waals surface area contributed by atoms with Crippen molar-refractivity contribution in [3.05, 3.63) is 105 Å². The van der Waals surface area contributed by atoms with Crippen LogP contribution in [0.15, 0.2) is 77.6 Å². The van der Waals surface area contributed by atoms with Crippen LogP contribution in [0.1, 0.15) is 91.3 Å². The van der Waals surface area contributed by atoms with E-state index in [0.29, 0.717) is 67.7 Å². The summed E-state index contributed by atoms with van der Waals surface area (Å²) in [6, 6.07) is 16.6. The van der Waals surface area contributed by atoms with Crippen LogP contribution >= 0.6 is 18.9 Å². The molecule has 0 saturated carbocycles. The highest BCUT2D eigenvalue weighted by atomic mass is 32.1. The highest BCUT2D eigenvalue weighted by molar-refractivity contribution is 7.52. The highest BCUT2D eigenvalue weighted by Crippen LogP contribution is 2.59. The number of likely N-dealkylation sites (tertiary alicyclic amines) is 2. The van der Waals surface area contributed by atoms with Gasteiger partial charge in [0.25, 0.3) is 5.91 Å². The maximum atomic E-state index is 15.0. The van der Waals surface area contributed by atoms with E-state index >= 15 is 4.79 Å². The van der Waals surface area contributed by atoms with Crippen LogP contribution in [0.3, 0.4) is 0 Å². The number of piperazine rings is 1. The van der Waals surface area contributed by atoms with Crippen LogP contribution in [0, 0.1) is 11.3 Å². The average Bonchev–Trinajstić information content (AvgIpc) is 4.08. The number of thiophene rings is 1. The zero-order valence-electron chi connectivity index (χ0n) is 42.9. The van der Waals surface area contributed by atoms with Gasteiger partial charge >= 0.3 is 18.9 Å². The lowest BCUT2D eigenvalue weighted by Crippen LogP contribution is -2.61. The first-order valence-corrected chi connectivity index (χ1v) is 27.9. The Morgan fingerprint density at radius 2 is 1.58 bits per heavy atom. The van der Waals surface area contributed by atoms with Crippen molar-refractivity contribution in [2.75, 3.05) is 52.9 Å². The van der Waals surface area contributed by atoms with Crippen molar-refractivity contribution >= 4 is 75.5 Å². The van der Waals surface area contributed by atoms with E-state index in [4.69, 9.17) is 4.74 Å². The third kappa shape index (κ3) is 10.9. The molecule has 0 radical (unpaired) electrons.